The molecule has 0 aliphatic rings. The Morgan fingerprint density at radius 1 is 1.19 bits per heavy atom. The molecule has 0 spiro atoms. The van der Waals surface area contributed by atoms with Crippen molar-refractivity contribution in [3.8, 4) is 0 Å². The molecule has 0 aliphatic heterocycles. The Hall–Kier alpha value is -1.80. The van der Waals surface area contributed by atoms with E-state index in [0.29, 0.717) is 5.56 Å². The summed E-state index contributed by atoms with van der Waals surface area (Å²) in [7, 11) is -4.33. The third-order valence-corrected chi connectivity index (χ3v) is 5.83. The molecule has 0 unspecified atom stereocenters. The number of ketones is 1. The van der Waals surface area contributed by atoms with Gasteiger partial charge in [0.25, 0.3) is 10.0 Å². The van der Waals surface area contributed by atoms with Crippen LogP contribution in [-0.2, 0) is 10.0 Å². The summed E-state index contributed by atoms with van der Waals surface area (Å²) >= 11 is 0.861. The highest BCUT2D eigenvalue weighted by Gasteiger charge is 2.32. The summed E-state index contributed by atoms with van der Waals surface area (Å²) in [5, 5.41) is 1.50. The highest BCUT2D eigenvalue weighted by molar-refractivity contribution is 7.94. The van der Waals surface area contributed by atoms with Crippen molar-refractivity contribution >= 4 is 32.8 Å². The number of benzene rings is 1. The lowest BCUT2D eigenvalue weighted by molar-refractivity contribution is 0.101. The smallest absolute Gasteiger partial charge is 0.295 e. The standard InChI is InChI=1S/C13H11F2NO3S2/c1-9(17)10-4-6-11(7-5-10)16(13(14)15)21(18,19)12-3-2-8-20-12/h2-8,13H,1H3. The second-order valence-corrected chi connectivity index (χ2v) is 7.10. The van der Waals surface area contributed by atoms with Crippen LogP contribution in [-0.4, -0.2) is 20.8 Å². The Morgan fingerprint density at radius 3 is 2.24 bits per heavy atom. The molecule has 112 valence electrons. The molecule has 0 amide bonds. The number of carbonyl (C=O) groups is 1. The summed E-state index contributed by atoms with van der Waals surface area (Å²) < 4.78 is 50.8. The first-order valence-electron chi connectivity index (χ1n) is 5.81. The van der Waals surface area contributed by atoms with Gasteiger partial charge in [0.15, 0.2) is 5.78 Å². The summed E-state index contributed by atoms with van der Waals surface area (Å²) in [5.74, 6) is -0.230. The van der Waals surface area contributed by atoms with Gasteiger partial charge in [-0.15, -0.1) is 11.3 Å². The van der Waals surface area contributed by atoms with E-state index < -0.39 is 16.6 Å². The quantitative estimate of drug-likeness (QED) is 0.623. The molecule has 21 heavy (non-hydrogen) atoms. The molecule has 0 fully saturated rings. The topological polar surface area (TPSA) is 54.5 Å². The first kappa shape index (κ1) is 15.6. The van der Waals surface area contributed by atoms with Gasteiger partial charge in [-0.05, 0) is 42.6 Å². The van der Waals surface area contributed by atoms with Gasteiger partial charge in [0.2, 0.25) is 0 Å². The minimum absolute atomic E-state index is 0.0444. The second-order valence-electron chi connectivity index (χ2n) is 4.11. The molecule has 1 aromatic carbocycles. The van der Waals surface area contributed by atoms with Gasteiger partial charge in [-0.1, -0.05) is 6.07 Å². The first-order chi connectivity index (χ1) is 9.84. The summed E-state index contributed by atoms with van der Waals surface area (Å²) in [5.41, 5.74) is 0.130. The summed E-state index contributed by atoms with van der Waals surface area (Å²) in [6.45, 7) is -1.89. The maximum atomic E-state index is 13.2. The average molecular weight is 331 g/mol. The fraction of sp³-hybridized carbons (Fsp3) is 0.154. The van der Waals surface area contributed by atoms with Crippen LogP contribution in [0.2, 0.25) is 0 Å². The van der Waals surface area contributed by atoms with Crippen LogP contribution in [0.25, 0.3) is 0 Å². The van der Waals surface area contributed by atoms with Crippen molar-refractivity contribution < 1.29 is 22.0 Å². The first-order valence-corrected chi connectivity index (χ1v) is 8.13. The fourth-order valence-corrected chi connectivity index (χ4v) is 4.10. The molecule has 0 aliphatic carbocycles. The molecule has 2 aromatic rings. The Bertz CT molecular complexity index is 725. The van der Waals surface area contributed by atoms with Gasteiger partial charge in [-0.3, -0.25) is 4.79 Å². The van der Waals surface area contributed by atoms with Crippen molar-refractivity contribution in [2.75, 3.05) is 4.31 Å². The van der Waals surface area contributed by atoms with Crippen LogP contribution < -0.4 is 4.31 Å². The molecule has 2 rings (SSSR count). The summed E-state index contributed by atoms with van der Waals surface area (Å²) in [6.07, 6.45) is 0. The van der Waals surface area contributed by atoms with Gasteiger partial charge < -0.3 is 0 Å². The van der Waals surface area contributed by atoms with E-state index in [1.165, 1.54) is 48.7 Å². The molecule has 0 bridgehead atoms. The number of Topliss-reactive ketones (excluding diaryl/α,β-unsaturated/α-hetero) is 1. The third kappa shape index (κ3) is 3.11. The van der Waals surface area contributed by atoms with Crippen LogP contribution >= 0.6 is 11.3 Å². The number of nitrogens with zero attached hydrogens (tertiary/aromatic N) is 1. The van der Waals surface area contributed by atoms with Crippen molar-refractivity contribution in [3.05, 3.63) is 47.3 Å². The van der Waals surface area contributed by atoms with Crippen molar-refractivity contribution in [3.63, 3.8) is 0 Å². The lowest BCUT2D eigenvalue weighted by Gasteiger charge is -2.22. The Balaban J connectivity index is 2.47. The number of sulfonamides is 1. The zero-order valence-electron chi connectivity index (χ0n) is 10.9. The van der Waals surface area contributed by atoms with Gasteiger partial charge in [-0.2, -0.15) is 8.78 Å². The lowest BCUT2D eigenvalue weighted by atomic mass is 10.1. The number of thiophene rings is 1. The Morgan fingerprint density at radius 2 is 1.81 bits per heavy atom. The maximum absolute atomic E-state index is 13.2. The van der Waals surface area contributed by atoms with E-state index in [1.807, 2.05) is 0 Å². The summed E-state index contributed by atoms with van der Waals surface area (Å²) in [4.78, 5) is 11.2. The third-order valence-electron chi connectivity index (χ3n) is 2.71. The molecule has 0 saturated carbocycles. The Labute approximate surface area is 124 Å². The largest absolute Gasteiger partial charge is 0.328 e. The number of hydrogen-bond acceptors (Lipinski definition) is 4. The zero-order chi connectivity index (χ0) is 15.6. The van der Waals surface area contributed by atoms with Crippen molar-refractivity contribution in [2.45, 2.75) is 17.7 Å². The van der Waals surface area contributed by atoms with E-state index in [9.17, 15) is 22.0 Å². The minimum atomic E-state index is -4.33. The van der Waals surface area contributed by atoms with Crippen molar-refractivity contribution in [1.29, 1.82) is 0 Å². The molecule has 1 heterocycles. The van der Waals surface area contributed by atoms with Crippen LogP contribution in [0.1, 0.15) is 17.3 Å². The van der Waals surface area contributed by atoms with Crippen LogP contribution in [0, 0.1) is 0 Å². The zero-order valence-corrected chi connectivity index (χ0v) is 12.5. The minimum Gasteiger partial charge on any atom is -0.295 e. The molecule has 0 N–H and O–H groups in total. The molecule has 0 radical (unpaired) electrons. The van der Waals surface area contributed by atoms with Crippen LogP contribution in [0.15, 0.2) is 46.0 Å². The van der Waals surface area contributed by atoms with Crippen LogP contribution in [0.4, 0.5) is 14.5 Å². The highest BCUT2D eigenvalue weighted by Crippen LogP contribution is 2.29. The molecular formula is C13H11F2NO3S2. The number of rotatable bonds is 5. The highest BCUT2D eigenvalue weighted by atomic mass is 32.2. The second kappa shape index (κ2) is 5.90. The van der Waals surface area contributed by atoms with E-state index >= 15 is 0 Å². The molecule has 4 nitrogen and oxygen atoms in total. The van der Waals surface area contributed by atoms with Gasteiger partial charge >= 0.3 is 6.55 Å². The van der Waals surface area contributed by atoms with E-state index in [2.05, 4.69) is 0 Å². The molecule has 0 saturated heterocycles. The number of anilines is 1. The van der Waals surface area contributed by atoms with E-state index in [1.54, 1.807) is 0 Å². The monoisotopic (exact) mass is 331 g/mol. The predicted octanol–water partition coefficient (Wildman–Crippen LogP) is 3.37. The predicted molar refractivity (Wildman–Crippen MR) is 76.4 cm³/mol. The van der Waals surface area contributed by atoms with E-state index in [4.69, 9.17) is 0 Å². The van der Waals surface area contributed by atoms with Gasteiger partial charge in [0, 0.05) is 5.56 Å². The Kier molecular flexibility index (Phi) is 4.38. The number of hydrogen-bond donors (Lipinski definition) is 0. The van der Waals surface area contributed by atoms with E-state index in [-0.39, 0.29) is 20.0 Å². The van der Waals surface area contributed by atoms with Gasteiger partial charge in [0.05, 0.1) is 5.69 Å². The van der Waals surface area contributed by atoms with E-state index in [0.717, 1.165) is 11.3 Å². The maximum Gasteiger partial charge on any atom is 0.328 e. The van der Waals surface area contributed by atoms with Crippen molar-refractivity contribution in [2.24, 2.45) is 0 Å². The summed E-state index contributed by atoms with van der Waals surface area (Å²) in [6, 6.07) is 7.75. The van der Waals surface area contributed by atoms with Crippen LogP contribution in [0.5, 0.6) is 0 Å². The fourth-order valence-electron chi connectivity index (χ4n) is 1.71. The molecule has 8 heteroatoms. The molecular weight excluding hydrogens is 320 g/mol. The molecule has 1 aromatic heterocycles. The average Bonchev–Trinajstić information content (AvgIpc) is 2.93. The van der Waals surface area contributed by atoms with Gasteiger partial charge in [-0.25, -0.2) is 12.7 Å². The lowest BCUT2D eigenvalue weighted by Crippen LogP contribution is -2.35. The molecule has 0 atom stereocenters. The van der Waals surface area contributed by atoms with Gasteiger partial charge in [0.1, 0.15) is 4.21 Å². The number of alkyl halides is 2. The SMILES string of the molecule is CC(=O)c1ccc(N(C(F)F)S(=O)(=O)c2cccs2)cc1. The normalized spacial score (nSPS) is 11.6. The number of halogens is 2. The number of carbonyl (C=O) groups excluding carboxylic acids is 1. The van der Waals surface area contributed by atoms with Crippen LogP contribution in [0.3, 0.4) is 0 Å². The van der Waals surface area contributed by atoms with Crippen molar-refractivity contribution in [1.82, 2.24) is 0 Å².